The molecule has 0 atom stereocenters. The zero-order chi connectivity index (χ0) is 14.3. The number of benzene rings is 1. The summed E-state index contributed by atoms with van der Waals surface area (Å²) in [6, 6.07) is 9.28. The molecule has 1 N–H and O–H groups in total. The number of aryl methyl sites for hydroxylation is 2. The van der Waals surface area contributed by atoms with Crippen LogP contribution in [-0.4, -0.2) is 13.1 Å². The number of rotatable bonds is 8. The molecular formula is C19H31N. The molecule has 20 heavy (non-hydrogen) atoms. The highest BCUT2D eigenvalue weighted by atomic mass is 14.8. The van der Waals surface area contributed by atoms with Crippen LogP contribution in [0.4, 0.5) is 0 Å². The zero-order valence-electron chi connectivity index (χ0n) is 13.4. The molecule has 1 aromatic rings. The van der Waals surface area contributed by atoms with Gasteiger partial charge in [-0.25, -0.2) is 0 Å². The minimum absolute atomic E-state index is 0.631. The van der Waals surface area contributed by atoms with E-state index in [1.165, 1.54) is 62.6 Å². The van der Waals surface area contributed by atoms with Gasteiger partial charge in [0.25, 0.3) is 0 Å². The Kier molecular flexibility index (Phi) is 6.09. The summed E-state index contributed by atoms with van der Waals surface area (Å²) < 4.78 is 0. The Morgan fingerprint density at radius 2 is 1.60 bits per heavy atom. The molecule has 1 aliphatic rings. The average Bonchev–Trinajstić information content (AvgIpc) is 2.95. The SMILES string of the molecule is CCNCCC1(CCc2ccc(CC)cc2)CCCC1. The molecule has 2 rings (SSSR count). The van der Waals surface area contributed by atoms with Crippen molar-refractivity contribution in [1.82, 2.24) is 5.32 Å². The number of hydrogen-bond acceptors (Lipinski definition) is 1. The second-order valence-electron chi connectivity index (χ2n) is 6.48. The van der Waals surface area contributed by atoms with Crippen molar-refractivity contribution in [2.24, 2.45) is 5.41 Å². The molecule has 1 nitrogen and oxygen atoms in total. The Labute approximate surface area is 125 Å². The van der Waals surface area contributed by atoms with Crippen LogP contribution >= 0.6 is 0 Å². The van der Waals surface area contributed by atoms with E-state index in [9.17, 15) is 0 Å². The van der Waals surface area contributed by atoms with Crippen molar-refractivity contribution in [3.63, 3.8) is 0 Å². The van der Waals surface area contributed by atoms with Gasteiger partial charge in [-0.2, -0.15) is 0 Å². The summed E-state index contributed by atoms with van der Waals surface area (Å²) in [7, 11) is 0. The fourth-order valence-corrected chi connectivity index (χ4v) is 3.63. The largest absolute Gasteiger partial charge is 0.317 e. The van der Waals surface area contributed by atoms with Crippen LogP contribution in [0.25, 0.3) is 0 Å². The topological polar surface area (TPSA) is 12.0 Å². The predicted molar refractivity (Wildman–Crippen MR) is 88.2 cm³/mol. The first-order chi connectivity index (χ1) is 9.78. The average molecular weight is 273 g/mol. The summed E-state index contributed by atoms with van der Waals surface area (Å²) in [5.41, 5.74) is 3.61. The zero-order valence-corrected chi connectivity index (χ0v) is 13.4. The standard InChI is InChI=1S/C19H31N/c1-3-17-7-9-18(10-8-17)11-14-19(12-5-6-13-19)15-16-20-4-2/h7-10,20H,3-6,11-16H2,1-2H3. The van der Waals surface area contributed by atoms with Gasteiger partial charge >= 0.3 is 0 Å². The van der Waals surface area contributed by atoms with E-state index in [0.29, 0.717) is 5.41 Å². The van der Waals surface area contributed by atoms with Crippen molar-refractivity contribution in [1.29, 1.82) is 0 Å². The molecule has 1 aliphatic carbocycles. The van der Waals surface area contributed by atoms with Crippen molar-refractivity contribution in [2.75, 3.05) is 13.1 Å². The minimum atomic E-state index is 0.631. The van der Waals surface area contributed by atoms with Crippen LogP contribution in [0.2, 0.25) is 0 Å². The third-order valence-electron chi connectivity index (χ3n) is 5.12. The lowest BCUT2D eigenvalue weighted by molar-refractivity contribution is 0.246. The van der Waals surface area contributed by atoms with Gasteiger partial charge in [0.2, 0.25) is 0 Å². The lowest BCUT2D eigenvalue weighted by Gasteiger charge is -2.29. The van der Waals surface area contributed by atoms with Crippen molar-refractivity contribution in [3.8, 4) is 0 Å². The van der Waals surface area contributed by atoms with Crippen LogP contribution in [-0.2, 0) is 12.8 Å². The molecule has 0 unspecified atom stereocenters. The van der Waals surface area contributed by atoms with Gasteiger partial charge in [0, 0.05) is 0 Å². The Morgan fingerprint density at radius 1 is 0.950 bits per heavy atom. The third kappa shape index (κ3) is 4.34. The van der Waals surface area contributed by atoms with E-state index in [2.05, 4.69) is 43.4 Å². The predicted octanol–water partition coefficient (Wildman–Crippen LogP) is 4.74. The maximum atomic E-state index is 3.51. The fraction of sp³-hybridized carbons (Fsp3) is 0.684. The maximum Gasteiger partial charge on any atom is -0.00437 e. The van der Waals surface area contributed by atoms with Gasteiger partial charge in [-0.15, -0.1) is 0 Å². The summed E-state index contributed by atoms with van der Waals surface area (Å²) in [6.07, 6.45) is 10.9. The Hall–Kier alpha value is -0.820. The molecule has 112 valence electrons. The van der Waals surface area contributed by atoms with Gasteiger partial charge in [-0.3, -0.25) is 0 Å². The summed E-state index contributed by atoms with van der Waals surface area (Å²) in [5.74, 6) is 0. The normalized spacial score (nSPS) is 17.5. The van der Waals surface area contributed by atoms with Gasteiger partial charge in [0.05, 0.1) is 0 Å². The van der Waals surface area contributed by atoms with Gasteiger partial charge in [0.1, 0.15) is 0 Å². The Morgan fingerprint density at radius 3 is 2.20 bits per heavy atom. The second kappa shape index (κ2) is 7.83. The lowest BCUT2D eigenvalue weighted by atomic mass is 9.77. The van der Waals surface area contributed by atoms with Gasteiger partial charge in [0.15, 0.2) is 0 Å². The molecule has 0 spiro atoms. The van der Waals surface area contributed by atoms with Crippen molar-refractivity contribution in [2.45, 2.75) is 65.2 Å². The first-order valence-corrected chi connectivity index (χ1v) is 8.56. The molecule has 1 heteroatoms. The molecule has 1 saturated carbocycles. The van der Waals surface area contributed by atoms with Crippen molar-refractivity contribution in [3.05, 3.63) is 35.4 Å². The highest BCUT2D eigenvalue weighted by molar-refractivity contribution is 5.22. The second-order valence-corrected chi connectivity index (χ2v) is 6.48. The molecule has 0 saturated heterocycles. The van der Waals surface area contributed by atoms with Gasteiger partial charge < -0.3 is 5.32 Å². The van der Waals surface area contributed by atoms with Crippen molar-refractivity contribution < 1.29 is 0 Å². The van der Waals surface area contributed by atoms with E-state index >= 15 is 0 Å². The molecule has 0 radical (unpaired) electrons. The van der Waals surface area contributed by atoms with Gasteiger partial charge in [-0.1, -0.05) is 51.0 Å². The number of nitrogens with one attached hydrogen (secondary N) is 1. The molecule has 0 amide bonds. The van der Waals surface area contributed by atoms with E-state index in [0.717, 1.165) is 13.0 Å². The monoisotopic (exact) mass is 273 g/mol. The molecule has 0 bridgehead atoms. The highest BCUT2D eigenvalue weighted by Gasteiger charge is 2.32. The summed E-state index contributed by atoms with van der Waals surface area (Å²) in [5, 5.41) is 3.51. The van der Waals surface area contributed by atoms with E-state index in [1.54, 1.807) is 0 Å². The van der Waals surface area contributed by atoms with E-state index < -0.39 is 0 Å². The maximum absolute atomic E-state index is 3.51. The van der Waals surface area contributed by atoms with Gasteiger partial charge in [-0.05, 0) is 68.2 Å². The molecule has 0 heterocycles. The molecule has 0 aliphatic heterocycles. The smallest absolute Gasteiger partial charge is 0.00437 e. The highest BCUT2D eigenvalue weighted by Crippen LogP contribution is 2.44. The van der Waals surface area contributed by atoms with Crippen LogP contribution in [0.3, 0.4) is 0 Å². The van der Waals surface area contributed by atoms with Crippen LogP contribution in [0.15, 0.2) is 24.3 Å². The van der Waals surface area contributed by atoms with E-state index in [-0.39, 0.29) is 0 Å². The summed E-state index contributed by atoms with van der Waals surface area (Å²) in [4.78, 5) is 0. The first-order valence-electron chi connectivity index (χ1n) is 8.56. The molecular weight excluding hydrogens is 242 g/mol. The third-order valence-corrected chi connectivity index (χ3v) is 5.12. The van der Waals surface area contributed by atoms with Crippen LogP contribution in [0.1, 0.15) is 63.5 Å². The van der Waals surface area contributed by atoms with Crippen LogP contribution in [0, 0.1) is 5.41 Å². The van der Waals surface area contributed by atoms with E-state index in [1.807, 2.05) is 0 Å². The summed E-state index contributed by atoms with van der Waals surface area (Å²) >= 11 is 0. The molecule has 1 fully saturated rings. The lowest BCUT2D eigenvalue weighted by Crippen LogP contribution is -2.25. The quantitative estimate of drug-likeness (QED) is 0.674. The van der Waals surface area contributed by atoms with Crippen LogP contribution in [0.5, 0.6) is 0 Å². The molecule has 1 aromatic carbocycles. The van der Waals surface area contributed by atoms with Crippen LogP contribution < -0.4 is 5.32 Å². The molecule has 0 aromatic heterocycles. The summed E-state index contributed by atoms with van der Waals surface area (Å²) in [6.45, 7) is 6.74. The van der Waals surface area contributed by atoms with Crippen molar-refractivity contribution >= 4 is 0 Å². The first kappa shape index (κ1) is 15.6. The van der Waals surface area contributed by atoms with E-state index in [4.69, 9.17) is 0 Å². The fourth-order valence-electron chi connectivity index (χ4n) is 3.63. The Balaban J connectivity index is 1.87. The minimum Gasteiger partial charge on any atom is -0.317 e. The number of hydrogen-bond donors (Lipinski definition) is 1. The Bertz CT molecular complexity index is 373.